The molecule has 2 atom stereocenters. The van der Waals surface area contributed by atoms with E-state index in [-0.39, 0.29) is 11.6 Å². The van der Waals surface area contributed by atoms with E-state index < -0.39 is 11.3 Å². The lowest BCUT2D eigenvalue weighted by atomic mass is 9.77. The second-order valence-electron chi connectivity index (χ2n) is 6.74. The Labute approximate surface area is 162 Å². The van der Waals surface area contributed by atoms with Gasteiger partial charge in [-0.2, -0.15) is 5.26 Å². The Balaban J connectivity index is 1.97. The molecule has 3 nitrogen and oxygen atoms in total. The van der Waals surface area contributed by atoms with Crippen LogP contribution in [0.5, 0.6) is 0 Å². The maximum Gasteiger partial charge on any atom is 0.178 e. The molecule has 1 N–H and O–H groups in total. The van der Waals surface area contributed by atoms with Crippen LogP contribution in [0.3, 0.4) is 0 Å². The Hall–Kier alpha value is -2.90. The summed E-state index contributed by atoms with van der Waals surface area (Å²) in [7, 11) is 0. The highest BCUT2D eigenvalue weighted by molar-refractivity contribution is 6.30. The molecule has 0 radical (unpaired) electrons. The first kappa shape index (κ1) is 18.9. The molecule has 0 aromatic heterocycles. The monoisotopic (exact) mass is 380 g/mol. The van der Waals surface area contributed by atoms with E-state index in [1.165, 1.54) is 12.1 Å². The molecule has 0 heterocycles. The van der Waals surface area contributed by atoms with Gasteiger partial charge in [0.15, 0.2) is 5.78 Å². The zero-order valence-corrected chi connectivity index (χ0v) is 15.7. The van der Waals surface area contributed by atoms with Crippen LogP contribution < -0.4 is 5.32 Å². The number of rotatable bonds is 4. The maximum atomic E-state index is 13.4. The molecular formula is C22H18ClFN2O. The second-order valence-corrected chi connectivity index (χ2v) is 7.17. The number of anilines is 2. The molecule has 1 aliphatic carbocycles. The Morgan fingerprint density at radius 2 is 2.00 bits per heavy atom. The predicted molar refractivity (Wildman–Crippen MR) is 105 cm³/mol. The van der Waals surface area contributed by atoms with E-state index in [4.69, 9.17) is 16.9 Å². The summed E-state index contributed by atoms with van der Waals surface area (Å²) in [5, 5.41) is 12.7. The molecule has 0 spiro atoms. The van der Waals surface area contributed by atoms with Gasteiger partial charge in [0.2, 0.25) is 0 Å². The number of nitrogens with zero attached hydrogens (tertiary/aromatic N) is 1. The fourth-order valence-corrected chi connectivity index (χ4v) is 3.40. The standard InChI is InChI=1S/C22H18ClFN2O/c1-14-11-16(24)7-8-19(14)26-20-6-4-3-5-17(20)21(27)22(2)10-9-15(13-25)18(23)12-22/h3-12,15,26H,1-2H3. The number of hydrogen-bond acceptors (Lipinski definition) is 3. The van der Waals surface area contributed by atoms with Gasteiger partial charge in [-0.1, -0.05) is 42.0 Å². The van der Waals surface area contributed by atoms with Crippen molar-refractivity contribution in [1.29, 1.82) is 5.26 Å². The molecule has 1 aliphatic rings. The van der Waals surface area contributed by atoms with E-state index in [1.807, 2.05) is 6.07 Å². The van der Waals surface area contributed by atoms with Gasteiger partial charge in [-0.3, -0.25) is 4.79 Å². The number of para-hydroxylation sites is 1. The number of nitrogens with one attached hydrogen (secondary N) is 1. The largest absolute Gasteiger partial charge is 0.355 e. The number of benzene rings is 2. The van der Waals surface area contributed by atoms with Crippen molar-refractivity contribution in [2.75, 3.05) is 5.32 Å². The number of Topliss-reactive ketones (excluding diaryl/α,β-unsaturated/α-hetero) is 1. The second kappa shape index (κ2) is 7.38. The molecule has 27 heavy (non-hydrogen) atoms. The molecule has 0 aliphatic heterocycles. The number of hydrogen-bond donors (Lipinski definition) is 1. The van der Waals surface area contributed by atoms with E-state index in [2.05, 4.69) is 11.4 Å². The molecule has 0 fully saturated rings. The van der Waals surface area contributed by atoms with Crippen LogP contribution in [0.2, 0.25) is 0 Å². The lowest BCUT2D eigenvalue weighted by Gasteiger charge is -2.26. The molecule has 3 rings (SSSR count). The average Bonchev–Trinajstić information content (AvgIpc) is 2.64. The molecule has 2 unspecified atom stereocenters. The number of aryl methyl sites for hydroxylation is 1. The highest BCUT2D eigenvalue weighted by Crippen LogP contribution is 2.37. The van der Waals surface area contributed by atoms with Crippen LogP contribution in [0.4, 0.5) is 15.8 Å². The SMILES string of the molecule is Cc1cc(F)ccc1Nc1ccccc1C(=O)C1(C)C=CC(C#N)C(Cl)=C1. The third-order valence-electron chi connectivity index (χ3n) is 4.63. The van der Waals surface area contributed by atoms with Crippen LogP contribution in [0.1, 0.15) is 22.8 Å². The summed E-state index contributed by atoms with van der Waals surface area (Å²) in [4.78, 5) is 13.3. The number of halogens is 2. The van der Waals surface area contributed by atoms with Crippen molar-refractivity contribution in [2.45, 2.75) is 13.8 Å². The highest BCUT2D eigenvalue weighted by Gasteiger charge is 2.34. The Morgan fingerprint density at radius 3 is 2.67 bits per heavy atom. The molecule has 2 aromatic rings. The van der Waals surface area contributed by atoms with Crippen LogP contribution in [0.15, 0.2) is 65.7 Å². The van der Waals surface area contributed by atoms with Crippen molar-refractivity contribution in [3.05, 3.63) is 82.7 Å². The molecular weight excluding hydrogens is 363 g/mol. The third kappa shape index (κ3) is 3.79. The summed E-state index contributed by atoms with van der Waals surface area (Å²) in [6.45, 7) is 3.56. The lowest BCUT2D eigenvalue weighted by molar-refractivity contribution is 0.0907. The number of carbonyl (C=O) groups is 1. The number of ketones is 1. The smallest absolute Gasteiger partial charge is 0.178 e. The highest BCUT2D eigenvalue weighted by atomic mass is 35.5. The van der Waals surface area contributed by atoms with Crippen LogP contribution in [-0.2, 0) is 0 Å². The van der Waals surface area contributed by atoms with Crippen molar-refractivity contribution in [1.82, 2.24) is 0 Å². The minimum Gasteiger partial charge on any atom is -0.355 e. The van der Waals surface area contributed by atoms with Gasteiger partial charge in [0, 0.05) is 22.0 Å². The summed E-state index contributed by atoms with van der Waals surface area (Å²) in [6.07, 6.45) is 5.00. The molecule has 136 valence electrons. The zero-order valence-electron chi connectivity index (χ0n) is 15.0. The van der Waals surface area contributed by atoms with Gasteiger partial charge in [-0.25, -0.2) is 4.39 Å². The quantitative estimate of drug-likeness (QED) is 0.530. The van der Waals surface area contributed by atoms with E-state index in [0.717, 1.165) is 11.3 Å². The summed E-state index contributed by atoms with van der Waals surface area (Å²) in [5.41, 5.74) is 1.63. The van der Waals surface area contributed by atoms with Gasteiger partial charge in [0.05, 0.1) is 17.4 Å². The Kier molecular flexibility index (Phi) is 5.16. The predicted octanol–water partition coefficient (Wildman–Crippen LogP) is 5.90. The first-order valence-corrected chi connectivity index (χ1v) is 8.86. The van der Waals surface area contributed by atoms with Crippen LogP contribution in [-0.4, -0.2) is 5.78 Å². The van der Waals surface area contributed by atoms with Gasteiger partial charge in [-0.05, 0) is 49.7 Å². The molecule has 0 bridgehead atoms. The van der Waals surface area contributed by atoms with Gasteiger partial charge in [0.25, 0.3) is 0 Å². The molecule has 0 saturated heterocycles. The topological polar surface area (TPSA) is 52.9 Å². The number of carbonyl (C=O) groups excluding carboxylic acids is 1. The van der Waals surface area contributed by atoms with Crippen molar-refractivity contribution >= 4 is 28.8 Å². The normalized spacial score (nSPS) is 21.3. The van der Waals surface area contributed by atoms with Crippen LogP contribution in [0.25, 0.3) is 0 Å². The minimum absolute atomic E-state index is 0.142. The Bertz CT molecular complexity index is 1010. The molecule has 0 saturated carbocycles. The summed E-state index contributed by atoms with van der Waals surface area (Å²) in [6, 6.07) is 13.7. The van der Waals surface area contributed by atoms with E-state index in [0.29, 0.717) is 16.3 Å². The average molecular weight is 381 g/mol. The Morgan fingerprint density at radius 1 is 1.26 bits per heavy atom. The number of allylic oxidation sites excluding steroid dienone is 4. The number of nitriles is 1. The van der Waals surface area contributed by atoms with Crippen molar-refractivity contribution in [3.63, 3.8) is 0 Å². The minimum atomic E-state index is -0.944. The van der Waals surface area contributed by atoms with Crippen LogP contribution in [0, 0.1) is 35.4 Å². The van der Waals surface area contributed by atoms with E-state index in [9.17, 15) is 9.18 Å². The van der Waals surface area contributed by atoms with Crippen molar-refractivity contribution in [3.8, 4) is 6.07 Å². The van der Waals surface area contributed by atoms with Crippen molar-refractivity contribution in [2.24, 2.45) is 11.3 Å². The first-order valence-electron chi connectivity index (χ1n) is 8.48. The van der Waals surface area contributed by atoms with Gasteiger partial charge in [0.1, 0.15) is 5.82 Å². The summed E-state index contributed by atoms with van der Waals surface area (Å²) < 4.78 is 13.4. The molecule has 0 amide bonds. The summed E-state index contributed by atoms with van der Waals surface area (Å²) in [5.74, 6) is -0.979. The third-order valence-corrected chi connectivity index (χ3v) is 4.97. The fourth-order valence-electron chi connectivity index (χ4n) is 3.05. The van der Waals surface area contributed by atoms with Gasteiger partial charge >= 0.3 is 0 Å². The fraction of sp³-hybridized carbons (Fsp3) is 0.182. The van der Waals surface area contributed by atoms with E-state index >= 15 is 0 Å². The lowest BCUT2D eigenvalue weighted by Crippen LogP contribution is -2.27. The van der Waals surface area contributed by atoms with Gasteiger partial charge in [-0.15, -0.1) is 0 Å². The van der Waals surface area contributed by atoms with E-state index in [1.54, 1.807) is 56.3 Å². The molecule has 2 aromatic carbocycles. The van der Waals surface area contributed by atoms with Gasteiger partial charge < -0.3 is 5.32 Å². The summed E-state index contributed by atoms with van der Waals surface area (Å²) >= 11 is 6.19. The maximum absolute atomic E-state index is 13.4. The van der Waals surface area contributed by atoms with Crippen molar-refractivity contribution < 1.29 is 9.18 Å². The molecule has 5 heteroatoms. The van der Waals surface area contributed by atoms with Crippen LogP contribution >= 0.6 is 11.6 Å². The zero-order chi connectivity index (χ0) is 19.6. The first-order chi connectivity index (χ1) is 12.8.